The summed E-state index contributed by atoms with van der Waals surface area (Å²) in [5.41, 5.74) is 8.21. The minimum atomic E-state index is -0.926. The topological polar surface area (TPSA) is 73.7 Å². The van der Waals surface area contributed by atoms with Crippen molar-refractivity contribution in [2.45, 2.75) is 37.0 Å². The van der Waals surface area contributed by atoms with Crippen molar-refractivity contribution < 1.29 is 14.3 Å². The fourth-order valence-electron chi connectivity index (χ4n) is 4.65. The highest BCUT2D eigenvalue weighted by atomic mass is 16.7. The number of hydroxylamine groups is 2. The Bertz CT molecular complexity index is 1050. The van der Waals surface area contributed by atoms with Crippen LogP contribution in [0.4, 0.5) is 5.69 Å². The van der Waals surface area contributed by atoms with Gasteiger partial charge in [0.2, 0.25) is 11.7 Å². The minimum Gasteiger partial charge on any atom is -0.487 e. The van der Waals surface area contributed by atoms with Gasteiger partial charge in [0.1, 0.15) is 11.4 Å². The Morgan fingerprint density at radius 1 is 1.13 bits per heavy atom. The van der Waals surface area contributed by atoms with E-state index >= 15 is 0 Å². The highest BCUT2D eigenvalue weighted by molar-refractivity contribution is 5.79. The molecule has 2 spiro atoms. The lowest BCUT2D eigenvalue weighted by atomic mass is 9.79. The maximum atomic E-state index is 7.30. The quantitative estimate of drug-likeness (QED) is 0.728. The number of nitrogens with two attached hydrogens (primary N) is 1. The number of nitrogens with zero attached hydrogens (tertiary/aromatic N) is 3. The van der Waals surface area contributed by atoms with Gasteiger partial charge < -0.3 is 15.2 Å². The molecule has 7 heteroatoms. The lowest BCUT2D eigenvalue weighted by Gasteiger charge is -2.44. The summed E-state index contributed by atoms with van der Waals surface area (Å²) in [5.74, 6) is 1.11. The Labute approximate surface area is 175 Å². The highest BCUT2D eigenvalue weighted by Crippen LogP contribution is 2.52. The second-order valence-electron chi connectivity index (χ2n) is 8.14. The second-order valence-corrected chi connectivity index (χ2v) is 8.14. The molecule has 3 aliphatic rings. The van der Waals surface area contributed by atoms with E-state index < -0.39 is 11.3 Å². The summed E-state index contributed by atoms with van der Waals surface area (Å²) in [6.45, 7) is 8.69. The molecule has 2 unspecified atom stereocenters. The Kier molecular flexibility index (Phi) is 4.42. The molecular weight excluding hydrogens is 380 g/mol. The molecule has 0 radical (unpaired) electrons. The number of rotatable bonds is 1. The van der Waals surface area contributed by atoms with Crippen LogP contribution < -0.4 is 10.5 Å². The number of hydrogen-bond donors (Lipinski definition) is 1. The van der Waals surface area contributed by atoms with Gasteiger partial charge in [-0.05, 0) is 42.2 Å². The van der Waals surface area contributed by atoms with Crippen LogP contribution in [0.25, 0.3) is 16.0 Å². The molecule has 0 bridgehead atoms. The van der Waals surface area contributed by atoms with Crippen LogP contribution in [0.5, 0.6) is 5.75 Å². The van der Waals surface area contributed by atoms with Crippen LogP contribution in [-0.4, -0.2) is 36.9 Å². The molecule has 2 aromatic carbocycles. The van der Waals surface area contributed by atoms with E-state index in [1.54, 1.807) is 13.1 Å². The first-order valence-corrected chi connectivity index (χ1v) is 10.2. The molecule has 7 nitrogen and oxygen atoms in total. The zero-order valence-electron chi connectivity index (χ0n) is 16.9. The van der Waals surface area contributed by atoms with Gasteiger partial charge >= 0.3 is 0 Å². The predicted octanol–water partition coefficient (Wildman–Crippen LogP) is 3.97. The first-order valence-electron chi connectivity index (χ1n) is 10.2. The lowest BCUT2D eigenvalue weighted by molar-refractivity contribution is -0.205. The first-order chi connectivity index (χ1) is 14.5. The molecule has 154 valence electrons. The van der Waals surface area contributed by atoms with Crippen molar-refractivity contribution in [2.75, 3.05) is 20.3 Å². The minimum absolute atomic E-state index is 0.350. The molecule has 3 heterocycles. The SMILES string of the molecule is [C-]#[N+]c1cccc(-c2ccc3c(c2)C2(CC4(CCCOCC4)O3)N=C(N)N(C)O2)c1. The van der Waals surface area contributed by atoms with Crippen LogP contribution >= 0.6 is 0 Å². The summed E-state index contributed by atoms with van der Waals surface area (Å²) in [5, 5.41) is 1.53. The molecule has 2 aromatic rings. The summed E-state index contributed by atoms with van der Waals surface area (Å²) in [4.78, 5) is 14.6. The summed E-state index contributed by atoms with van der Waals surface area (Å²) in [7, 11) is 1.77. The Hall–Kier alpha value is -3.08. The monoisotopic (exact) mass is 404 g/mol. The third kappa shape index (κ3) is 3.09. The molecule has 0 saturated carbocycles. The summed E-state index contributed by atoms with van der Waals surface area (Å²) in [6.07, 6.45) is 3.17. The van der Waals surface area contributed by atoms with Gasteiger partial charge in [0, 0.05) is 26.5 Å². The predicted molar refractivity (Wildman–Crippen MR) is 113 cm³/mol. The molecule has 2 N–H and O–H groups in total. The molecule has 3 aliphatic heterocycles. The average Bonchev–Trinajstić information content (AvgIpc) is 2.90. The normalized spacial score (nSPS) is 27.9. The molecule has 2 atom stereocenters. The zero-order chi connectivity index (χ0) is 20.8. The summed E-state index contributed by atoms with van der Waals surface area (Å²) < 4.78 is 12.3. The van der Waals surface area contributed by atoms with Gasteiger partial charge in [0.05, 0.1) is 18.7 Å². The van der Waals surface area contributed by atoms with Crippen molar-refractivity contribution in [3.8, 4) is 16.9 Å². The van der Waals surface area contributed by atoms with Crippen LogP contribution in [0.15, 0.2) is 47.5 Å². The van der Waals surface area contributed by atoms with Crippen molar-refractivity contribution in [3.05, 3.63) is 59.4 Å². The van der Waals surface area contributed by atoms with E-state index in [0.717, 1.165) is 48.3 Å². The highest BCUT2D eigenvalue weighted by Gasteiger charge is 2.54. The molecule has 5 rings (SSSR count). The van der Waals surface area contributed by atoms with Gasteiger partial charge in [-0.1, -0.05) is 24.3 Å². The third-order valence-corrected chi connectivity index (χ3v) is 6.13. The number of benzene rings is 2. The standard InChI is InChI=1S/C23H24N4O3/c1-25-18-6-3-5-16(13-18)17-7-8-20-19(14-17)23(26-21(24)27(2)30-23)15-22(29-20)9-4-11-28-12-10-22/h3,5-8,13-14H,4,9-12,15H2,2H3,(H2,24,26). The van der Waals surface area contributed by atoms with Gasteiger partial charge in [-0.2, -0.15) is 0 Å². The number of fused-ring (bicyclic) bond motifs is 2. The van der Waals surface area contributed by atoms with Crippen molar-refractivity contribution in [2.24, 2.45) is 10.7 Å². The second kappa shape index (κ2) is 7.01. The van der Waals surface area contributed by atoms with Crippen LogP contribution in [0.3, 0.4) is 0 Å². The maximum absolute atomic E-state index is 7.30. The van der Waals surface area contributed by atoms with E-state index in [1.165, 1.54) is 5.06 Å². The lowest BCUT2D eigenvalue weighted by Crippen LogP contribution is -2.48. The Balaban J connectivity index is 1.63. The van der Waals surface area contributed by atoms with E-state index in [9.17, 15) is 0 Å². The third-order valence-electron chi connectivity index (χ3n) is 6.13. The van der Waals surface area contributed by atoms with Crippen molar-refractivity contribution in [1.29, 1.82) is 0 Å². The van der Waals surface area contributed by atoms with Crippen LogP contribution in [0, 0.1) is 6.57 Å². The van der Waals surface area contributed by atoms with Gasteiger partial charge in [-0.3, -0.25) is 0 Å². The van der Waals surface area contributed by atoms with E-state index in [-0.39, 0.29) is 0 Å². The summed E-state index contributed by atoms with van der Waals surface area (Å²) in [6, 6.07) is 13.6. The maximum Gasteiger partial charge on any atom is 0.222 e. The molecule has 0 aliphatic carbocycles. The zero-order valence-corrected chi connectivity index (χ0v) is 16.9. The van der Waals surface area contributed by atoms with Crippen molar-refractivity contribution in [1.82, 2.24) is 5.06 Å². The van der Waals surface area contributed by atoms with E-state index in [1.807, 2.05) is 36.4 Å². The molecule has 1 fully saturated rings. The van der Waals surface area contributed by atoms with Gasteiger partial charge in [-0.25, -0.2) is 19.7 Å². The average molecular weight is 404 g/mol. The number of guanidine groups is 1. The van der Waals surface area contributed by atoms with E-state index in [2.05, 4.69) is 4.85 Å². The van der Waals surface area contributed by atoms with Crippen LogP contribution in [0.1, 0.15) is 31.2 Å². The molecule has 30 heavy (non-hydrogen) atoms. The van der Waals surface area contributed by atoms with E-state index in [0.29, 0.717) is 24.7 Å². The molecule has 0 amide bonds. The number of ether oxygens (including phenoxy) is 2. The van der Waals surface area contributed by atoms with E-state index in [4.69, 9.17) is 31.6 Å². The van der Waals surface area contributed by atoms with Gasteiger partial charge in [0.25, 0.3) is 0 Å². The largest absolute Gasteiger partial charge is 0.487 e. The van der Waals surface area contributed by atoms with Crippen molar-refractivity contribution >= 4 is 11.6 Å². The summed E-state index contributed by atoms with van der Waals surface area (Å²) >= 11 is 0. The van der Waals surface area contributed by atoms with Crippen molar-refractivity contribution in [3.63, 3.8) is 0 Å². The van der Waals surface area contributed by atoms with Crippen LogP contribution in [-0.2, 0) is 15.3 Å². The molecule has 0 aromatic heterocycles. The number of aliphatic imine (C=N–C) groups is 1. The van der Waals surface area contributed by atoms with Crippen LogP contribution in [0.2, 0.25) is 0 Å². The van der Waals surface area contributed by atoms with Gasteiger partial charge in [0.15, 0.2) is 5.69 Å². The fraction of sp³-hybridized carbons (Fsp3) is 0.391. The fourth-order valence-corrected chi connectivity index (χ4v) is 4.65. The number of hydrogen-bond acceptors (Lipinski definition) is 6. The first kappa shape index (κ1) is 18.9. The smallest absolute Gasteiger partial charge is 0.222 e. The van der Waals surface area contributed by atoms with Gasteiger partial charge in [-0.15, -0.1) is 0 Å². The Morgan fingerprint density at radius 2 is 2.00 bits per heavy atom. The Morgan fingerprint density at radius 3 is 2.80 bits per heavy atom. The molecule has 1 saturated heterocycles. The molecular formula is C23H24N4O3.